The SMILES string of the molecule is CC(=O)N1C=Cc2ccccc2C1CC(=O)NCc1ccc(NC(=O)c2ccco2)cc1. The first-order chi connectivity index (χ1) is 15.5. The third-order valence-corrected chi connectivity index (χ3v) is 5.29. The molecule has 162 valence electrons. The third kappa shape index (κ3) is 4.78. The smallest absolute Gasteiger partial charge is 0.291 e. The molecule has 0 saturated carbocycles. The van der Waals surface area contributed by atoms with Crippen molar-refractivity contribution >= 4 is 29.5 Å². The molecule has 0 aliphatic carbocycles. The van der Waals surface area contributed by atoms with Gasteiger partial charge in [0, 0.05) is 25.4 Å². The molecule has 4 rings (SSSR count). The normalized spacial score (nSPS) is 14.5. The van der Waals surface area contributed by atoms with E-state index in [2.05, 4.69) is 10.6 Å². The van der Waals surface area contributed by atoms with E-state index in [1.807, 2.05) is 42.5 Å². The topological polar surface area (TPSA) is 91.7 Å². The monoisotopic (exact) mass is 429 g/mol. The average molecular weight is 429 g/mol. The van der Waals surface area contributed by atoms with E-state index in [-0.39, 0.29) is 35.9 Å². The summed E-state index contributed by atoms with van der Waals surface area (Å²) in [6, 6.07) is 17.9. The number of fused-ring (bicyclic) bond motifs is 1. The predicted octanol–water partition coefficient (Wildman–Crippen LogP) is 4.11. The summed E-state index contributed by atoms with van der Waals surface area (Å²) in [5.74, 6) is -0.352. The summed E-state index contributed by atoms with van der Waals surface area (Å²) in [4.78, 5) is 38.4. The second-order valence-electron chi connectivity index (χ2n) is 7.50. The van der Waals surface area contributed by atoms with Gasteiger partial charge in [-0.2, -0.15) is 0 Å². The first kappa shape index (κ1) is 21.1. The van der Waals surface area contributed by atoms with Crippen molar-refractivity contribution < 1.29 is 18.8 Å². The van der Waals surface area contributed by atoms with Crippen LogP contribution < -0.4 is 10.6 Å². The van der Waals surface area contributed by atoms with Crippen molar-refractivity contribution in [2.45, 2.75) is 25.9 Å². The number of benzene rings is 2. The highest BCUT2D eigenvalue weighted by atomic mass is 16.3. The molecule has 1 aromatic heterocycles. The number of rotatable bonds is 6. The van der Waals surface area contributed by atoms with Gasteiger partial charge in [-0.3, -0.25) is 14.4 Å². The molecule has 0 saturated heterocycles. The van der Waals surface area contributed by atoms with Crippen molar-refractivity contribution in [1.82, 2.24) is 10.2 Å². The molecule has 1 aliphatic rings. The van der Waals surface area contributed by atoms with Gasteiger partial charge in [-0.25, -0.2) is 0 Å². The van der Waals surface area contributed by atoms with Crippen LogP contribution >= 0.6 is 0 Å². The zero-order valence-electron chi connectivity index (χ0n) is 17.6. The van der Waals surface area contributed by atoms with Crippen molar-refractivity contribution in [3.05, 3.63) is 95.6 Å². The van der Waals surface area contributed by atoms with Gasteiger partial charge in [0.05, 0.1) is 18.7 Å². The molecule has 3 aromatic rings. The summed E-state index contributed by atoms with van der Waals surface area (Å²) in [7, 11) is 0. The second-order valence-corrected chi connectivity index (χ2v) is 7.50. The van der Waals surface area contributed by atoms with Gasteiger partial charge in [-0.15, -0.1) is 0 Å². The molecule has 2 heterocycles. The minimum Gasteiger partial charge on any atom is -0.459 e. The van der Waals surface area contributed by atoms with E-state index in [0.29, 0.717) is 12.2 Å². The number of amides is 3. The molecule has 3 amide bonds. The lowest BCUT2D eigenvalue weighted by molar-refractivity contribution is -0.130. The highest BCUT2D eigenvalue weighted by Crippen LogP contribution is 2.32. The van der Waals surface area contributed by atoms with Gasteiger partial charge in [0.1, 0.15) is 0 Å². The maximum atomic E-state index is 12.7. The van der Waals surface area contributed by atoms with E-state index in [1.165, 1.54) is 13.2 Å². The number of hydrogen-bond donors (Lipinski definition) is 2. The number of nitrogens with zero attached hydrogens (tertiary/aromatic N) is 1. The summed E-state index contributed by atoms with van der Waals surface area (Å²) in [5.41, 5.74) is 3.48. The van der Waals surface area contributed by atoms with E-state index in [4.69, 9.17) is 4.42 Å². The maximum Gasteiger partial charge on any atom is 0.291 e. The molecule has 1 unspecified atom stereocenters. The van der Waals surface area contributed by atoms with E-state index < -0.39 is 0 Å². The van der Waals surface area contributed by atoms with E-state index >= 15 is 0 Å². The average Bonchev–Trinajstić information content (AvgIpc) is 3.34. The van der Waals surface area contributed by atoms with Crippen LogP contribution in [0.25, 0.3) is 6.08 Å². The number of hydrogen-bond acceptors (Lipinski definition) is 4. The number of carbonyl (C=O) groups excluding carboxylic acids is 3. The van der Waals surface area contributed by atoms with Gasteiger partial charge in [-0.1, -0.05) is 36.4 Å². The maximum absolute atomic E-state index is 12.7. The van der Waals surface area contributed by atoms with E-state index in [9.17, 15) is 14.4 Å². The van der Waals surface area contributed by atoms with Crippen molar-refractivity contribution in [3.63, 3.8) is 0 Å². The summed E-state index contributed by atoms with van der Waals surface area (Å²) >= 11 is 0. The van der Waals surface area contributed by atoms with Crippen molar-refractivity contribution in [3.8, 4) is 0 Å². The van der Waals surface area contributed by atoms with Crippen LogP contribution in [0.1, 0.15) is 46.6 Å². The molecular formula is C25H23N3O4. The second kappa shape index (κ2) is 9.34. The fourth-order valence-corrected chi connectivity index (χ4v) is 3.67. The highest BCUT2D eigenvalue weighted by Gasteiger charge is 2.28. The fraction of sp³-hybridized carbons (Fsp3) is 0.160. The van der Waals surface area contributed by atoms with Gasteiger partial charge in [0.2, 0.25) is 11.8 Å². The summed E-state index contributed by atoms with van der Waals surface area (Å²) in [5, 5.41) is 5.67. The van der Waals surface area contributed by atoms with Gasteiger partial charge in [0.25, 0.3) is 5.91 Å². The quantitative estimate of drug-likeness (QED) is 0.617. The van der Waals surface area contributed by atoms with Gasteiger partial charge in [0.15, 0.2) is 5.76 Å². The Kier molecular flexibility index (Phi) is 6.17. The molecule has 0 spiro atoms. The third-order valence-electron chi connectivity index (χ3n) is 5.29. The van der Waals surface area contributed by atoms with E-state index in [1.54, 1.807) is 35.4 Å². The first-order valence-corrected chi connectivity index (χ1v) is 10.3. The van der Waals surface area contributed by atoms with Crippen LogP contribution in [0.3, 0.4) is 0 Å². The Balaban J connectivity index is 1.35. The van der Waals surface area contributed by atoms with Crippen LogP contribution in [-0.2, 0) is 16.1 Å². The Labute approximate surface area is 185 Å². The van der Waals surface area contributed by atoms with Crippen LogP contribution in [0.15, 0.2) is 77.5 Å². The van der Waals surface area contributed by atoms with Crippen LogP contribution in [0.5, 0.6) is 0 Å². The Morgan fingerprint density at radius 3 is 2.50 bits per heavy atom. The standard InChI is InChI=1S/C25H23N3O4/c1-17(29)28-13-12-19-5-2-3-6-21(19)22(28)15-24(30)26-16-18-8-10-20(11-9-18)27-25(31)23-7-4-14-32-23/h2-14,22H,15-16H2,1H3,(H,26,30)(H,27,31). The molecular weight excluding hydrogens is 406 g/mol. The van der Waals surface area contributed by atoms with Crippen LogP contribution in [0, 0.1) is 0 Å². The van der Waals surface area contributed by atoms with Crippen LogP contribution in [0.2, 0.25) is 0 Å². The molecule has 7 heteroatoms. The Bertz CT molecular complexity index is 1150. The number of carbonyl (C=O) groups is 3. The molecule has 32 heavy (non-hydrogen) atoms. The summed E-state index contributed by atoms with van der Waals surface area (Å²) < 4.78 is 5.07. The summed E-state index contributed by atoms with van der Waals surface area (Å²) in [6.45, 7) is 1.84. The molecule has 2 N–H and O–H groups in total. The molecule has 1 atom stereocenters. The predicted molar refractivity (Wildman–Crippen MR) is 120 cm³/mol. The van der Waals surface area contributed by atoms with E-state index in [0.717, 1.165) is 16.7 Å². The van der Waals surface area contributed by atoms with Crippen LogP contribution in [-0.4, -0.2) is 22.6 Å². The molecule has 0 fully saturated rings. The first-order valence-electron chi connectivity index (χ1n) is 10.3. The van der Waals surface area contributed by atoms with Crippen molar-refractivity contribution in [2.75, 3.05) is 5.32 Å². The highest BCUT2D eigenvalue weighted by molar-refractivity contribution is 6.02. The fourth-order valence-electron chi connectivity index (χ4n) is 3.67. The lowest BCUT2D eigenvalue weighted by atomic mass is 9.93. The minimum atomic E-state index is -0.340. The Hall–Kier alpha value is -4.13. The Morgan fingerprint density at radius 2 is 1.78 bits per heavy atom. The largest absolute Gasteiger partial charge is 0.459 e. The summed E-state index contributed by atoms with van der Waals surface area (Å²) in [6.07, 6.45) is 5.23. The lowest BCUT2D eigenvalue weighted by Crippen LogP contribution is -2.35. The molecule has 0 bridgehead atoms. The minimum absolute atomic E-state index is 0.110. The molecule has 7 nitrogen and oxygen atoms in total. The number of anilines is 1. The number of nitrogens with one attached hydrogen (secondary N) is 2. The van der Waals surface area contributed by atoms with Gasteiger partial charge < -0.3 is 20.0 Å². The molecule has 1 aliphatic heterocycles. The van der Waals surface area contributed by atoms with Crippen molar-refractivity contribution in [1.29, 1.82) is 0 Å². The zero-order chi connectivity index (χ0) is 22.5. The lowest BCUT2D eigenvalue weighted by Gasteiger charge is -2.32. The van der Waals surface area contributed by atoms with Gasteiger partial charge in [-0.05, 0) is 47.0 Å². The molecule has 2 aromatic carbocycles. The van der Waals surface area contributed by atoms with Crippen LogP contribution in [0.4, 0.5) is 5.69 Å². The molecule has 0 radical (unpaired) electrons. The van der Waals surface area contributed by atoms with Gasteiger partial charge >= 0.3 is 0 Å². The number of furan rings is 1. The zero-order valence-corrected chi connectivity index (χ0v) is 17.6. The van der Waals surface area contributed by atoms with Crippen molar-refractivity contribution in [2.24, 2.45) is 0 Å². The Morgan fingerprint density at radius 1 is 1.00 bits per heavy atom.